The third-order valence-electron chi connectivity index (χ3n) is 2.98. The van der Waals surface area contributed by atoms with Gasteiger partial charge in [0.25, 0.3) is 0 Å². The smallest absolute Gasteiger partial charge is 0.465 e. The van der Waals surface area contributed by atoms with Crippen molar-refractivity contribution >= 4 is 16.1 Å². The summed E-state index contributed by atoms with van der Waals surface area (Å²) in [6.45, 7) is 0. The lowest BCUT2D eigenvalue weighted by Gasteiger charge is -2.10. The predicted molar refractivity (Wildman–Crippen MR) is 78.8 cm³/mol. The van der Waals surface area contributed by atoms with Crippen molar-refractivity contribution in [1.29, 1.82) is 0 Å². The number of carbonyl (C=O) groups excluding carboxylic acids is 1. The Hall–Kier alpha value is -2.55. The number of carbonyl (C=O) groups is 1. The number of methoxy groups -OCH3 is 1. The molecule has 0 aliphatic rings. The van der Waals surface area contributed by atoms with Gasteiger partial charge in [-0.15, -0.1) is 0 Å². The number of alkyl halides is 3. The van der Waals surface area contributed by atoms with Crippen molar-refractivity contribution in [3.05, 3.63) is 54.1 Å². The van der Waals surface area contributed by atoms with Crippen molar-refractivity contribution in [3.8, 4) is 16.9 Å². The molecule has 2 aromatic carbocycles. The summed E-state index contributed by atoms with van der Waals surface area (Å²) >= 11 is 0. The van der Waals surface area contributed by atoms with Crippen LogP contribution in [0.2, 0.25) is 0 Å². The van der Waals surface area contributed by atoms with Crippen LogP contribution < -0.4 is 4.18 Å². The Morgan fingerprint density at radius 2 is 1.38 bits per heavy atom. The molecule has 0 bridgehead atoms. The van der Waals surface area contributed by atoms with E-state index in [0.717, 1.165) is 12.1 Å². The van der Waals surface area contributed by atoms with Gasteiger partial charge in [0, 0.05) is 0 Å². The molecule has 0 aliphatic carbocycles. The zero-order valence-corrected chi connectivity index (χ0v) is 13.0. The van der Waals surface area contributed by atoms with Crippen LogP contribution in [0.5, 0.6) is 5.75 Å². The van der Waals surface area contributed by atoms with Crippen LogP contribution in [0.15, 0.2) is 48.5 Å². The van der Waals surface area contributed by atoms with Gasteiger partial charge in [-0.25, -0.2) is 4.79 Å². The molecule has 0 fully saturated rings. The maximum Gasteiger partial charge on any atom is 0.534 e. The van der Waals surface area contributed by atoms with E-state index in [9.17, 15) is 26.4 Å². The molecule has 2 aromatic rings. The first kappa shape index (κ1) is 17.8. The number of rotatable bonds is 4. The van der Waals surface area contributed by atoms with E-state index in [1.165, 1.54) is 31.4 Å². The molecule has 0 atom stereocenters. The van der Waals surface area contributed by atoms with E-state index >= 15 is 0 Å². The van der Waals surface area contributed by atoms with E-state index in [0.29, 0.717) is 16.7 Å². The highest BCUT2D eigenvalue weighted by atomic mass is 32.2. The number of benzene rings is 2. The van der Waals surface area contributed by atoms with Crippen molar-refractivity contribution < 1.29 is 35.3 Å². The van der Waals surface area contributed by atoms with Crippen LogP contribution in [0.3, 0.4) is 0 Å². The van der Waals surface area contributed by atoms with Crippen LogP contribution in [0.25, 0.3) is 11.1 Å². The highest BCUT2D eigenvalue weighted by Crippen LogP contribution is 2.28. The molecular weight excluding hydrogens is 349 g/mol. The zero-order chi connectivity index (χ0) is 18.0. The van der Waals surface area contributed by atoms with Gasteiger partial charge in [0.2, 0.25) is 0 Å². The van der Waals surface area contributed by atoms with Crippen LogP contribution in [0.1, 0.15) is 10.4 Å². The molecule has 0 N–H and O–H groups in total. The SMILES string of the molecule is COC(=O)c1ccc(-c2ccc(OS(=O)(=O)C(F)(F)F)cc2)cc1. The normalized spacial score (nSPS) is 11.8. The molecule has 2 rings (SSSR count). The minimum atomic E-state index is -5.70. The maximum absolute atomic E-state index is 12.2. The highest BCUT2D eigenvalue weighted by Gasteiger charge is 2.48. The quantitative estimate of drug-likeness (QED) is 0.475. The van der Waals surface area contributed by atoms with Gasteiger partial charge >= 0.3 is 21.6 Å². The van der Waals surface area contributed by atoms with E-state index in [2.05, 4.69) is 8.92 Å². The zero-order valence-electron chi connectivity index (χ0n) is 12.2. The lowest BCUT2D eigenvalue weighted by atomic mass is 10.0. The Bertz CT molecular complexity index is 825. The molecule has 0 heterocycles. The summed E-state index contributed by atoms with van der Waals surface area (Å²) in [4.78, 5) is 11.3. The third kappa shape index (κ3) is 3.85. The Morgan fingerprint density at radius 3 is 1.79 bits per heavy atom. The molecule has 9 heteroatoms. The van der Waals surface area contributed by atoms with Gasteiger partial charge in [-0.05, 0) is 35.4 Å². The molecule has 0 unspecified atom stereocenters. The second-order valence-corrected chi connectivity index (χ2v) is 6.11. The van der Waals surface area contributed by atoms with E-state index < -0.39 is 27.3 Å². The lowest BCUT2D eigenvalue weighted by molar-refractivity contribution is -0.0500. The topological polar surface area (TPSA) is 69.7 Å². The minimum absolute atomic E-state index is 0.345. The van der Waals surface area contributed by atoms with Crippen LogP contribution in [0.4, 0.5) is 13.2 Å². The average Bonchev–Trinajstić information content (AvgIpc) is 2.53. The molecule has 0 aliphatic heterocycles. The fraction of sp³-hybridized carbons (Fsp3) is 0.133. The molecule has 0 saturated carbocycles. The number of hydrogen-bond acceptors (Lipinski definition) is 5. The second-order valence-electron chi connectivity index (χ2n) is 4.58. The standard InChI is InChI=1S/C15H11F3O5S/c1-22-14(19)12-4-2-10(3-5-12)11-6-8-13(9-7-11)23-24(20,21)15(16,17)18/h2-9H,1H3. The fourth-order valence-corrected chi connectivity index (χ4v) is 2.25. The first-order valence-corrected chi connectivity index (χ1v) is 7.84. The van der Waals surface area contributed by atoms with Gasteiger partial charge in [0.05, 0.1) is 12.7 Å². The Kier molecular flexibility index (Phi) is 4.83. The Morgan fingerprint density at radius 1 is 0.917 bits per heavy atom. The summed E-state index contributed by atoms with van der Waals surface area (Å²) in [6, 6.07) is 11.3. The molecular formula is C15H11F3O5S. The average molecular weight is 360 g/mol. The van der Waals surface area contributed by atoms with E-state index in [4.69, 9.17) is 0 Å². The third-order valence-corrected chi connectivity index (χ3v) is 3.96. The van der Waals surface area contributed by atoms with Crippen LogP contribution >= 0.6 is 0 Å². The second kappa shape index (κ2) is 6.52. The van der Waals surface area contributed by atoms with Crippen molar-refractivity contribution in [3.63, 3.8) is 0 Å². The fourth-order valence-electron chi connectivity index (χ4n) is 1.79. The van der Waals surface area contributed by atoms with E-state index in [1.807, 2.05) is 0 Å². The largest absolute Gasteiger partial charge is 0.534 e. The highest BCUT2D eigenvalue weighted by molar-refractivity contribution is 7.88. The lowest BCUT2D eigenvalue weighted by Crippen LogP contribution is -2.28. The predicted octanol–water partition coefficient (Wildman–Crippen LogP) is 3.37. The molecule has 0 spiro atoms. The number of hydrogen-bond donors (Lipinski definition) is 0. The molecule has 128 valence electrons. The Labute approximate surface area is 135 Å². The molecule has 0 saturated heterocycles. The monoisotopic (exact) mass is 360 g/mol. The molecule has 0 aromatic heterocycles. The number of esters is 1. The number of ether oxygens (including phenoxy) is 1. The molecule has 5 nitrogen and oxygen atoms in total. The summed E-state index contributed by atoms with van der Waals surface area (Å²) in [5, 5.41) is 0. The summed E-state index contributed by atoms with van der Waals surface area (Å²) in [6.07, 6.45) is 0. The number of halogens is 3. The van der Waals surface area contributed by atoms with E-state index in [1.54, 1.807) is 12.1 Å². The summed E-state index contributed by atoms with van der Waals surface area (Å²) in [5.41, 5.74) is -3.87. The van der Waals surface area contributed by atoms with Gasteiger partial charge in [-0.2, -0.15) is 21.6 Å². The molecule has 24 heavy (non-hydrogen) atoms. The van der Waals surface area contributed by atoms with Gasteiger partial charge in [-0.1, -0.05) is 24.3 Å². The first-order valence-electron chi connectivity index (χ1n) is 6.43. The van der Waals surface area contributed by atoms with Gasteiger partial charge in [0.15, 0.2) is 0 Å². The van der Waals surface area contributed by atoms with Crippen molar-refractivity contribution in [2.45, 2.75) is 5.51 Å². The van der Waals surface area contributed by atoms with Gasteiger partial charge in [0.1, 0.15) is 5.75 Å². The van der Waals surface area contributed by atoms with Crippen LogP contribution in [0, 0.1) is 0 Å². The first-order chi connectivity index (χ1) is 11.1. The van der Waals surface area contributed by atoms with E-state index in [-0.39, 0.29) is 0 Å². The van der Waals surface area contributed by atoms with Crippen LogP contribution in [-0.2, 0) is 14.9 Å². The Balaban J connectivity index is 2.19. The van der Waals surface area contributed by atoms with Crippen molar-refractivity contribution in [2.75, 3.05) is 7.11 Å². The molecule has 0 amide bonds. The molecule has 0 radical (unpaired) electrons. The summed E-state index contributed by atoms with van der Waals surface area (Å²) in [7, 11) is -4.44. The van der Waals surface area contributed by atoms with Crippen LogP contribution in [-0.4, -0.2) is 27.0 Å². The van der Waals surface area contributed by atoms with Crippen molar-refractivity contribution in [2.24, 2.45) is 0 Å². The maximum atomic E-state index is 12.2. The summed E-state index contributed by atoms with van der Waals surface area (Å²) < 4.78 is 67.1. The van der Waals surface area contributed by atoms with Gasteiger partial charge < -0.3 is 8.92 Å². The van der Waals surface area contributed by atoms with Crippen molar-refractivity contribution in [1.82, 2.24) is 0 Å². The minimum Gasteiger partial charge on any atom is -0.465 e. The van der Waals surface area contributed by atoms with Gasteiger partial charge in [-0.3, -0.25) is 0 Å². The summed E-state index contributed by atoms with van der Waals surface area (Å²) in [5.74, 6) is -0.954.